The highest BCUT2D eigenvalue weighted by Gasteiger charge is 2.27. The van der Waals surface area contributed by atoms with E-state index in [9.17, 15) is 14.9 Å². The molecule has 6 nitrogen and oxygen atoms in total. The van der Waals surface area contributed by atoms with Gasteiger partial charge in [0.2, 0.25) is 5.91 Å². The zero-order valence-electron chi connectivity index (χ0n) is 11.0. The summed E-state index contributed by atoms with van der Waals surface area (Å²) in [6.45, 7) is 5.56. The number of halogens is 1. The average molecular weight is 288 g/mol. The van der Waals surface area contributed by atoms with E-state index in [0.717, 1.165) is 0 Å². The minimum atomic E-state index is -0.684. The topological polar surface area (TPSA) is 98.3 Å². The summed E-state index contributed by atoms with van der Waals surface area (Å²) in [5.74, 6) is -0.358. The quantitative estimate of drug-likeness (QED) is 0.658. The van der Waals surface area contributed by atoms with Crippen molar-refractivity contribution in [2.45, 2.75) is 26.8 Å². The Bertz CT molecular complexity index is 472. The number of anilines is 1. The van der Waals surface area contributed by atoms with Crippen molar-refractivity contribution >= 4 is 29.7 Å². The van der Waals surface area contributed by atoms with Crippen molar-refractivity contribution in [3.05, 3.63) is 34.4 Å². The molecule has 1 aromatic carbocycles. The van der Waals surface area contributed by atoms with Crippen LogP contribution in [0.2, 0.25) is 0 Å². The van der Waals surface area contributed by atoms with E-state index in [2.05, 4.69) is 5.32 Å². The molecule has 19 heavy (non-hydrogen) atoms. The molecule has 1 amide bonds. The number of benzene rings is 1. The Kier molecular flexibility index (Phi) is 5.92. The largest absolute Gasteiger partial charge is 0.324 e. The summed E-state index contributed by atoms with van der Waals surface area (Å²) < 4.78 is 0. The van der Waals surface area contributed by atoms with E-state index in [0.29, 0.717) is 5.69 Å². The number of hydrogen-bond donors (Lipinski definition) is 2. The molecule has 1 rings (SSSR count). The van der Waals surface area contributed by atoms with Crippen LogP contribution in [0.3, 0.4) is 0 Å². The Hall–Kier alpha value is -1.66. The molecule has 1 aromatic rings. The molecule has 0 aliphatic heterocycles. The molecule has 0 aliphatic carbocycles. The van der Waals surface area contributed by atoms with E-state index < -0.39 is 11.0 Å². The lowest BCUT2D eigenvalue weighted by atomic mass is 9.87. The number of hydrogen-bond acceptors (Lipinski definition) is 4. The maximum absolute atomic E-state index is 11.8. The lowest BCUT2D eigenvalue weighted by molar-refractivity contribution is -0.384. The molecule has 1 atom stereocenters. The standard InChI is InChI=1S/C12H17N3O3.ClH/c1-12(2,3)10(13)11(16)14-8-5-4-6-9(7-8)15(17)18;/h4-7,10H,13H2,1-3H3,(H,14,16);1H/t10-;/m1./s1. The summed E-state index contributed by atoms with van der Waals surface area (Å²) >= 11 is 0. The fraction of sp³-hybridized carbons (Fsp3) is 0.417. The van der Waals surface area contributed by atoms with Crippen molar-refractivity contribution in [1.29, 1.82) is 0 Å². The van der Waals surface area contributed by atoms with Crippen LogP contribution >= 0.6 is 12.4 Å². The van der Waals surface area contributed by atoms with Crippen LogP contribution in [0.1, 0.15) is 20.8 Å². The van der Waals surface area contributed by atoms with Gasteiger partial charge in [-0.25, -0.2) is 0 Å². The highest BCUT2D eigenvalue weighted by Crippen LogP contribution is 2.21. The second kappa shape index (κ2) is 6.49. The van der Waals surface area contributed by atoms with Crippen LogP contribution in [-0.4, -0.2) is 16.9 Å². The molecular formula is C12H18ClN3O3. The van der Waals surface area contributed by atoms with Gasteiger partial charge in [0, 0.05) is 17.8 Å². The third-order valence-electron chi connectivity index (χ3n) is 2.54. The van der Waals surface area contributed by atoms with Gasteiger partial charge in [0.15, 0.2) is 0 Å². The molecule has 0 fully saturated rings. The van der Waals surface area contributed by atoms with Crippen LogP contribution in [0.25, 0.3) is 0 Å². The summed E-state index contributed by atoms with van der Waals surface area (Å²) in [7, 11) is 0. The predicted octanol–water partition coefficient (Wildman–Crippen LogP) is 2.33. The molecule has 0 bridgehead atoms. The SMILES string of the molecule is CC(C)(C)[C@H](N)C(=O)Nc1cccc([N+](=O)[O-])c1.Cl. The fourth-order valence-electron chi connectivity index (χ4n) is 1.31. The van der Waals surface area contributed by atoms with Gasteiger partial charge in [0.05, 0.1) is 11.0 Å². The Balaban J connectivity index is 0.00000324. The summed E-state index contributed by atoms with van der Waals surface area (Å²) in [6, 6.07) is 5.07. The van der Waals surface area contributed by atoms with Crippen molar-refractivity contribution in [3.8, 4) is 0 Å². The van der Waals surface area contributed by atoms with Gasteiger partial charge in [-0.15, -0.1) is 12.4 Å². The number of non-ortho nitro benzene ring substituents is 1. The van der Waals surface area contributed by atoms with Crippen molar-refractivity contribution in [3.63, 3.8) is 0 Å². The maximum atomic E-state index is 11.8. The van der Waals surface area contributed by atoms with Gasteiger partial charge in [-0.05, 0) is 11.5 Å². The molecule has 7 heteroatoms. The lowest BCUT2D eigenvalue weighted by Gasteiger charge is -2.25. The summed E-state index contributed by atoms with van der Waals surface area (Å²) in [5, 5.41) is 13.2. The van der Waals surface area contributed by atoms with Gasteiger partial charge in [0.25, 0.3) is 5.69 Å². The monoisotopic (exact) mass is 287 g/mol. The van der Waals surface area contributed by atoms with Gasteiger partial charge in [-0.1, -0.05) is 26.8 Å². The highest BCUT2D eigenvalue weighted by atomic mass is 35.5. The fourth-order valence-corrected chi connectivity index (χ4v) is 1.31. The number of amides is 1. The zero-order chi connectivity index (χ0) is 13.9. The van der Waals surface area contributed by atoms with Gasteiger partial charge in [-0.2, -0.15) is 0 Å². The van der Waals surface area contributed by atoms with Crippen molar-refractivity contribution in [2.24, 2.45) is 11.1 Å². The van der Waals surface area contributed by atoms with E-state index in [4.69, 9.17) is 5.73 Å². The van der Waals surface area contributed by atoms with Gasteiger partial charge < -0.3 is 11.1 Å². The molecule has 0 saturated carbocycles. The van der Waals surface area contributed by atoms with Crippen LogP contribution in [0.5, 0.6) is 0 Å². The minimum Gasteiger partial charge on any atom is -0.324 e. The first-order valence-electron chi connectivity index (χ1n) is 5.52. The number of nitrogens with zero attached hydrogens (tertiary/aromatic N) is 1. The number of rotatable bonds is 3. The third kappa shape index (κ3) is 4.84. The van der Waals surface area contributed by atoms with Crippen molar-refractivity contribution in [2.75, 3.05) is 5.32 Å². The highest BCUT2D eigenvalue weighted by molar-refractivity contribution is 5.95. The van der Waals surface area contributed by atoms with Crippen LogP contribution in [0, 0.1) is 15.5 Å². The zero-order valence-corrected chi connectivity index (χ0v) is 11.9. The number of carbonyl (C=O) groups is 1. The number of nitro benzene ring substituents is 1. The van der Waals surface area contributed by atoms with Gasteiger partial charge in [0.1, 0.15) is 0 Å². The molecule has 0 spiro atoms. The molecule has 106 valence electrons. The third-order valence-corrected chi connectivity index (χ3v) is 2.54. The molecular weight excluding hydrogens is 270 g/mol. The molecule has 0 saturated heterocycles. The summed E-state index contributed by atoms with van der Waals surface area (Å²) in [6.07, 6.45) is 0. The average Bonchev–Trinajstić information content (AvgIpc) is 2.27. The molecule has 0 unspecified atom stereocenters. The van der Waals surface area contributed by atoms with E-state index in [-0.39, 0.29) is 29.4 Å². The molecule has 0 aromatic heterocycles. The molecule has 0 aliphatic rings. The van der Waals surface area contributed by atoms with Crippen LogP contribution in [0.15, 0.2) is 24.3 Å². The van der Waals surface area contributed by atoms with E-state index >= 15 is 0 Å². The maximum Gasteiger partial charge on any atom is 0.271 e. The smallest absolute Gasteiger partial charge is 0.271 e. The second-order valence-corrected chi connectivity index (χ2v) is 5.14. The van der Waals surface area contributed by atoms with E-state index in [1.165, 1.54) is 18.2 Å². The van der Waals surface area contributed by atoms with Crippen LogP contribution in [-0.2, 0) is 4.79 Å². The predicted molar refractivity (Wildman–Crippen MR) is 76.4 cm³/mol. The normalized spacial score (nSPS) is 12.2. The lowest BCUT2D eigenvalue weighted by Crippen LogP contribution is -2.45. The van der Waals surface area contributed by atoms with Crippen LogP contribution in [0.4, 0.5) is 11.4 Å². The molecule has 0 heterocycles. The van der Waals surface area contributed by atoms with E-state index in [1.807, 2.05) is 20.8 Å². The van der Waals surface area contributed by atoms with E-state index in [1.54, 1.807) is 6.07 Å². The van der Waals surface area contributed by atoms with Crippen LogP contribution < -0.4 is 11.1 Å². The summed E-state index contributed by atoms with van der Waals surface area (Å²) in [5.41, 5.74) is 5.72. The summed E-state index contributed by atoms with van der Waals surface area (Å²) in [4.78, 5) is 21.9. The Morgan fingerprint density at radius 2 is 2.00 bits per heavy atom. The Labute approximate surface area is 117 Å². The number of nitrogens with two attached hydrogens (primary N) is 1. The Morgan fingerprint density at radius 1 is 1.42 bits per heavy atom. The van der Waals surface area contributed by atoms with Crippen molar-refractivity contribution in [1.82, 2.24) is 0 Å². The number of nitrogens with one attached hydrogen (secondary N) is 1. The van der Waals surface area contributed by atoms with Crippen molar-refractivity contribution < 1.29 is 9.72 Å². The van der Waals surface area contributed by atoms with Gasteiger partial charge in [-0.3, -0.25) is 14.9 Å². The molecule has 0 radical (unpaired) electrons. The minimum absolute atomic E-state index is 0. The second-order valence-electron chi connectivity index (χ2n) is 5.14. The number of nitro groups is 1. The molecule has 3 N–H and O–H groups in total. The van der Waals surface area contributed by atoms with Gasteiger partial charge >= 0.3 is 0 Å². The number of carbonyl (C=O) groups excluding carboxylic acids is 1. The first kappa shape index (κ1) is 17.3. The first-order chi connectivity index (χ1) is 8.21. The Morgan fingerprint density at radius 3 is 2.47 bits per heavy atom. The first-order valence-corrected chi connectivity index (χ1v) is 5.52.